The number of nitrogens with zero attached hydrogens (tertiary/aromatic N) is 2. The average molecular weight is 366 g/mol. The van der Waals surface area contributed by atoms with Crippen LogP contribution in [0, 0.1) is 0 Å². The first-order chi connectivity index (χ1) is 13.1. The summed E-state index contributed by atoms with van der Waals surface area (Å²) in [5, 5.41) is 0. The number of hydrogen-bond acceptors (Lipinski definition) is 4. The monoisotopic (exact) mass is 366 g/mol. The lowest BCUT2D eigenvalue weighted by Crippen LogP contribution is -2.46. The van der Waals surface area contributed by atoms with Crippen molar-refractivity contribution in [3.8, 4) is 11.5 Å². The summed E-state index contributed by atoms with van der Waals surface area (Å²) in [6.07, 6.45) is 3.35. The van der Waals surface area contributed by atoms with Crippen LogP contribution in [0.1, 0.15) is 12.5 Å². The van der Waals surface area contributed by atoms with E-state index < -0.39 is 0 Å². The summed E-state index contributed by atoms with van der Waals surface area (Å²) in [6.45, 7) is 4.35. The van der Waals surface area contributed by atoms with E-state index in [1.807, 2.05) is 48.5 Å². The van der Waals surface area contributed by atoms with Crippen molar-refractivity contribution in [2.24, 2.45) is 0 Å². The summed E-state index contributed by atoms with van der Waals surface area (Å²) in [6, 6.07) is 15.6. The smallest absolute Gasteiger partial charge is 0.246 e. The Labute approximate surface area is 160 Å². The second-order valence-electron chi connectivity index (χ2n) is 6.57. The Bertz CT molecular complexity index is 801. The van der Waals surface area contributed by atoms with Crippen molar-refractivity contribution in [1.82, 2.24) is 4.90 Å². The lowest BCUT2D eigenvalue weighted by Gasteiger charge is -2.37. The summed E-state index contributed by atoms with van der Waals surface area (Å²) < 4.78 is 11.2. The highest BCUT2D eigenvalue weighted by Crippen LogP contribution is 2.32. The van der Waals surface area contributed by atoms with Gasteiger partial charge in [-0.1, -0.05) is 24.3 Å². The third-order valence-electron chi connectivity index (χ3n) is 4.69. The fourth-order valence-electron chi connectivity index (χ4n) is 3.18. The molecule has 0 N–H and O–H groups in total. The van der Waals surface area contributed by atoms with Gasteiger partial charge in [-0.15, -0.1) is 0 Å². The van der Waals surface area contributed by atoms with Crippen LogP contribution in [-0.4, -0.2) is 50.7 Å². The van der Waals surface area contributed by atoms with E-state index in [9.17, 15) is 4.79 Å². The molecule has 0 aliphatic carbocycles. The second-order valence-corrected chi connectivity index (χ2v) is 6.57. The predicted octanol–water partition coefficient (Wildman–Crippen LogP) is 3.45. The van der Waals surface area contributed by atoms with Crippen LogP contribution in [0.25, 0.3) is 6.08 Å². The zero-order chi connectivity index (χ0) is 19.2. The molecule has 0 fully saturated rings. The number of ether oxygens (including phenoxy) is 2. The predicted molar refractivity (Wildman–Crippen MR) is 108 cm³/mol. The third kappa shape index (κ3) is 4.61. The van der Waals surface area contributed by atoms with E-state index in [-0.39, 0.29) is 12.0 Å². The lowest BCUT2D eigenvalue weighted by molar-refractivity contribution is -0.125. The van der Waals surface area contributed by atoms with Gasteiger partial charge in [0.25, 0.3) is 0 Å². The van der Waals surface area contributed by atoms with Crippen LogP contribution >= 0.6 is 0 Å². The van der Waals surface area contributed by atoms with Gasteiger partial charge < -0.3 is 19.3 Å². The van der Waals surface area contributed by atoms with E-state index in [0.717, 1.165) is 35.8 Å². The highest BCUT2D eigenvalue weighted by molar-refractivity contribution is 5.91. The van der Waals surface area contributed by atoms with E-state index in [2.05, 4.69) is 17.9 Å². The molecular formula is C22H26N2O3. The molecule has 1 aliphatic heterocycles. The van der Waals surface area contributed by atoms with Crippen molar-refractivity contribution in [2.45, 2.75) is 13.0 Å². The molecule has 0 saturated heterocycles. The number of carbonyl (C=O) groups excluding carboxylic acids is 1. The molecular weight excluding hydrogens is 340 g/mol. The minimum atomic E-state index is -0.0526. The van der Waals surface area contributed by atoms with Crippen LogP contribution in [0.3, 0.4) is 0 Å². The molecule has 5 heteroatoms. The van der Waals surface area contributed by atoms with Crippen molar-refractivity contribution in [1.29, 1.82) is 0 Å². The van der Waals surface area contributed by atoms with Crippen LogP contribution in [0.4, 0.5) is 5.69 Å². The molecule has 0 radical (unpaired) electrons. The number of benzene rings is 2. The zero-order valence-electron chi connectivity index (χ0n) is 16.1. The molecule has 1 heterocycles. The molecule has 0 bridgehead atoms. The molecule has 2 aromatic rings. The second kappa shape index (κ2) is 8.62. The van der Waals surface area contributed by atoms with Gasteiger partial charge in [0.2, 0.25) is 5.91 Å². The first-order valence-corrected chi connectivity index (χ1v) is 9.18. The Morgan fingerprint density at radius 3 is 2.70 bits per heavy atom. The molecule has 5 nitrogen and oxygen atoms in total. The first kappa shape index (κ1) is 18.8. The molecule has 142 valence electrons. The Hall–Kier alpha value is -2.95. The quantitative estimate of drug-likeness (QED) is 0.735. The van der Waals surface area contributed by atoms with Gasteiger partial charge in [0.05, 0.1) is 25.9 Å². The summed E-state index contributed by atoms with van der Waals surface area (Å²) in [7, 11) is 3.44. The molecule has 3 rings (SSSR count). The number of carbonyl (C=O) groups is 1. The maximum atomic E-state index is 12.5. The Kier molecular flexibility index (Phi) is 6.01. The largest absolute Gasteiger partial charge is 0.497 e. The van der Waals surface area contributed by atoms with Crippen LogP contribution in [0.5, 0.6) is 11.5 Å². The van der Waals surface area contributed by atoms with Gasteiger partial charge in [0.1, 0.15) is 17.6 Å². The molecule has 0 unspecified atom stereocenters. The van der Waals surface area contributed by atoms with Crippen LogP contribution < -0.4 is 14.4 Å². The summed E-state index contributed by atoms with van der Waals surface area (Å²) in [5.74, 6) is 1.63. The summed E-state index contributed by atoms with van der Waals surface area (Å²) in [4.78, 5) is 16.4. The number of para-hydroxylation sites is 2. The minimum absolute atomic E-state index is 0.0451. The fourth-order valence-corrected chi connectivity index (χ4v) is 3.18. The number of hydrogen-bond donors (Lipinski definition) is 0. The molecule has 27 heavy (non-hydrogen) atoms. The standard InChI is InChI=1S/C22H26N2O3/c1-4-24-16-19(27-21-8-6-5-7-20(21)24)15-23(2)22(25)14-11-17-9-12-18(26-3)13-10-17/h5-14,19H,4,15-16H2,1-3H3/b14-11+/t19-/m0/s1. The molecule has 0 aromatic heterocycles. The van der Waals surface area contributed by atoms with Crippen molar-refractivity contribution in [3.05, 3.63) is 60.2 Å². The average Bonchev–Trinajstić information content (AvgIpc) is 2.71. The van der Waals surface area contributed by atoms with Gasteiger partial charge >= 0.3 is 0 Å². The Balaban J connectivity index is 1.60. The van der Waals surface area contributed by atoms with E-state index in [1.165, 1.54) is 0 Å². The highest BCUT2D eigenvalue weighted by Gasteiger charge is 2.26. The number of amides is 1. The maximum Gasteiger partial charge on any atom is 0.246 e. The van der Waals surface area contributed by atoms with E-state index >= 15 is 0 Å². The van der Waals surface area contributed by atoms with E-state index in [0.29, 0.717) is 6.54 Å². The number of likely N-dealkylation sites (N-methyl/N-ethyl adjacent to an activating group) is 2. The number of methoxy groups -OCH3 is 1. The van der Waals surface area contributed by atoms with Gasteiger partial charge in [-0.25, -0.2) is 0 Å². The van der Waals surface area contributed by atoms with Gasteiger partial charge in [-0.2, -0.15) is 0 Å². The third-order valence-corrected chi connectivity index (χ3v) is 4.69. The SMILES string of the molecule is CCN1C[C@H](CN(C)C(=O)/C=C/c2ccc(OC)cc2)Oc2ccccc21. The van der Waals surface area contributed by atoms with Gasteiger partial charge in [-0.3, -0.25) is 4.79 Å². The Morgan fingerprint density at radius 2 is 2.00 bits per heavy atom. The normalized spacial score (nSPS) is 16.0. The van der Waals surface area contributed by atoms with Gasteiger partial charge in [0, 0.05) is 19.7 Å². The summed E-state index contributed by atoms with van der Waals surface area (Å²) in [5.41, 5.74) is 2.07. The summed E-state index contributed by atoms with van der Waals surface area (Å²) >= 11 is 0. The number of rotatable bonds is 6. The molecule has 1 amide bonds. The molecule has 1 atom stereocenters. The molecule has 1 aliphatic rings. The fraction of sp³-hybridized carbons (Fsp3) is 0.318. The maximum absolute atomic E-state index is 12.5. The van der Waals surface area contributed by atoms with E-state index in [4.69, 9.17) is 9.47 Å². The van der Waals surface area contributed by atoms with Crippen LogP contribution in [0.2, 0.25) is 0 Å². The number of anilines is 1. The molecule has 2 aromatic carbocycles. The van der Waals surface area contributed by atoms with Crippen LogP contribution in [-0.2, 0) is 4.79 Å². The minimum Gasteiger partial charge on any atom is -0.497 e. The first-order valence-electron chi connectivity index (χ1n) is 9.18. The van der Waals surface area contributed by atoms with Crippen molar-refractivity contribution in [3.63, 3.8) is 0 Å². The van der Waals surface area contributed by atoms with E-state index in [1.54, 1.807) is 25.1 Å². The van der Waals surface area contributed by atoms with Gasteiger partial charge in [-0.05, 0) is 42.8 Å². The zero-order valence-corrected chi connectivity index (χ0v) is 16.1. The Morgan fingerprint density at radius 1 is 1.26 bits per heavy atom. The molecule has 0 spiro atoms. The van der Waals surface area contributed by atoms with Crippen LogP contribution in [0.15, 0.2) is 54.6 Å². The lowest BCUT2D eigenvalue weighted by atomic mass is 10.1. The van der Waals surface area contributed by atoms with Gasteiger partial charge in [0.15, 0.2) is 0 Å². The highest BCUT2D eigenvalue weighted by atomic mass is 16.5. The van der Waals surface area contributed by atoms with Crippen molar-refractivity contribution in [2.75, 3.05) is 38.7 Å². The topological polar surface area (TPSA) is 42.0 Å². The molecule has 0 saturated carbocycles. The van der Waals surface area contributed by atoms with Crippen molar-refractivity contribution >= 4 is 17.7 Å². The van der Waals surface area contributed by atoms with Crippen molar-refractivity contribution < 1.29 is 14.3 Å². The number of fused-ring (bicyclic) bond motifs is 1.